The maximum Gasteiger partial charge on any atom is 0.213 e. The number of nitrogens with one attached hydrogen (secondary N) is 2. The van der Waals surface area contributed by atoms with Crippen molar-refractivity contribution in [2.45, 2.75) is 40.0 Å². The van der Waals surface area contributed by atoms with E-state index in [9.17, 15) is 8.42 Å². The number of aryl methyl sites for hydroxylation is 1. The molecule has 0 bridgehead atoms. The lowest BCUT2D eigenvalue weighted by atomic mass is 10.00. The molecule has 0 saturated heterocycles. The third kappa shape index (κ3) is 9.75. The summed E-state index contributed by atoms with van der Waals surface area (Å²) in [7, 11) is -1.48. The molecule has 6 nitrogen and oxygen atoms in total. The number of halogens is 1. The molecule has 8 heteroatoms. The van der Waals surface area contributed by atoms with Gasteiger partial charge in [0, 0.05) is 39.1 Å². The molecule has 0 amide bonds. The first-order valence-corrected chi connectivity index (χ1v) is 10.9. The minimum Gasteiger partial charge on any atom is -0.357 e. The zero-order valence-electron chi connectivity index (χ0n) is 17.2. The SMILES string of the molecule is CCNC(=NCC(C)c1cccc(C)c1)NCCCN(C)S(=O)(=O)CC.I. The summed E-state index contributed by atoms with van der Waals surface area (Å²) in [5, 5.41) is 6.52. The Morgan fingerprint density at radius 1 is 1.26 bits per heavy atom. The van der Waals surface area contributed by atoms with E-state index in [4.69, 9.17) is 0 Å². The molecule has 2 N–H and O–H groups in total. The van der Waals surface area contributed by atoms with Crippen LogP contribution in [0.4, 0.5) is 0 Å². The first kappa shape index (κ1) is 26.1. The van der Waals surface area contributed by atoms with Crippen molar-refractivity contribution in [2.75, 3.05) is 39.0 Å². The zero-order valence-corrected chi connectivity index (χ0v) is 20.3. The van der Waals surface area contributed by atoms with Gasteiger partial charge in [0.15, 0.2) is 5.96 Å². The van der Waals surface area contributed by atoms with E-state index in [-0.39, 0.29) is 29.7 Å². The lowest BCUT2D eigenvalue weighted by Gasteiger charge is -2.17. The predicted octanol–water partition coefficient (Wildman–Crippen LogP) is 2.94. The van der Waals surface area contributed by atoms with Gasteiger partial charge in [-0.05, 0) is 32.8 Å². The average molecular weight is 510 g/mol. The zero-order chi connectivity index (χ0) is 19.6. The van der Waals surface area contributed by atoms with Crippen molar-refractivity contribution < 1.29 is 8.42 Å². The van der Waals surface area contributed by atoms with Crippen molar-refractivity contribution in [1.29, 1.82) is 0 Å². The second kappa shape index (κ2) is 13.3. The fraction of sp³-hybridized carbons (Fsp3) is 0.632. The molecule has 1 rings (SSSR count). The lowest BCUT2D eigenvalue weighted by molar-refractivity contribution is 0.461. The number of hydrogen-bond acceptors (Lipinski definition) is 3. The Labute approximate surface area is 182 Å². The highest BCUT2D eigenvalue weighted by Gasteiger charge is 2.14. The molecule has 1 atom stereocenters. The molecule has 0 aliphatic heterocycles. The van der Waals surface area contributed by atoms with Crippen LogP contribution in [0.5, 0.6) is 0 Å². The fourth-order valence-electron chi connectivity index (χ4n) is 2.52. The van der Waals surface area contributed by atoms with E-state index in [1.54, 1.807) is 14.0 Å². The van der Waals surface area contributed by atoms with Gasteiger partial charge in [-0.2, -0.15) is 0 Å². The molecule has 0 aliphatic carbocycles. The van der Waals surface area contributed by atoms with Crippen LogP contribution in [-0.4, -0.2) is 57.7 Å². The summed E-state index contributed by atoms with van der Waals surface area (Å²) >= 11 is 0. The van der Waals surface area contributed by atoms with Gasteiger partial charge in [-0.15, -0.1) is 24.0 Å². The first-order valence-electron chi connectivity index (χ1n) is 9.32. The highest BCUT2D eigenvalue weighted by molar-refractivity contribution is 14.0. The normalized spacial score (nSPS) is 13.2. The summed E-state index contributed by atoms with van der Waals surface area (Å²) < 4.78 is 24.9. The van der Waals surface area contributed by atoms with Gasteiger partial charge in [-0.1, -0.05) is 36.8 Å². The molecular formula is C19H35IN4O2S. The number of sulfonamides is 1. The first-order chi connectivity index (χ1) is 12.3. The summed E-state index contributed by atoms with van der Waals surface area (Å²) in [6.45, 7) is 10.6. The Morgan fingerprint density at radius 3 is 2.56 bits per heavy atom. The smallest absolute Gasteiger partial charge is 0.213 e. The quantitative estimate of drug-likeness (QED) is 0.220. The second-order valence-electron chi connectivity index (χ2n) is 6.54. The monoisotopic (exact) mass is 510 g/mol. The largest absolute Gasteiger partial charge is 0.357 e. The van der Waals surface area contributed by atoms with Gasteiger partial charge in [0.1, 0.15) is 0 Å². The van der Waals surface area contributed by atoms with Crippen molar-refractivity contribution in [3.63, 3.8) is 0 Å². The molecule has 0 aromatic heterocycles. The van der Waals surface area contributed by atoms with Crippen LogP contribution >= 0.6 is 24.0 Å². The molecule has 156 valence electrons. The Hall–Kier alpha value is -0.870. The molecule has 0 aliphatic rings. The lowest BCUT2D eigenvalue weighted by Crippen LogP contribution is -2.39. The number of guanidine groups is 1. The number of hydrogen-bond donors (Lipinski definition) is 2. The topological polar surface area (TPSA) is 73.8 Å². The third-order valence-corrected chi connectivity index (χ3v) is 6.12. The van der Waals surface area contributed by atoms with Crippen molar-refractivity contribution >= 4 is 40.0 Å². The van der Waals surface area contributed by atoms with Crippen molar-refractivity contribution in [2.24, 2.45) is 4.99 Å². The summed E-state index contributed by atoms with van der Waals surface area (Å²) in [6, 6.07) is 8.51. The molecule has 1 aromatic rings. The third-order valence-electron chi connectivity index (χ3n) is 4.26. The van der Waals surface area contributed by atoms with Crippen LogP contribution in [-0.2, 0) is 10.0 Å². The van der Waals surface area contributed by atoms with Gasteiger partial charge in [0.2, 0.25) is 10.0 Å². The van der Waals surface area contributed by atoms with Crippen LogP contribution in [0.25, 0.3) is 0 Å². The highest BCUT2D eigenvalue weighted by Crippen LogP contribution is 2.16. The molecule has 1 unspecified atom stereocenters. The van der Waals surface area contributed by atoms with Crippen LogP contribution in [0.1, 0.15) is 44.2 Å². The summed E-state index contributed by atoms with van der Waals surface area (Å²) in [5.41, 5.74) is 2.55. The standard InChI is InChI=1S/C19H34N4O2S.HI/c1-6-20-19(21-12-9-13-23(5)26(24,25)7-2)22-15-17(4)18-11-8-10-16(3)14-18;/h8,10-11,14,17H,6-7,9,12-13,15H2,1-5H3,(H2,20,21,22);1H. The van der Waals surface area contributed by atoms with Crippen LogP contribution in [0.3, 0.4) is 0 Å². The second-order valence-corrected chi connectivity index (χ2v) is 8.90. The molecule has 0 heterocycles. The van der Waals surface area contributed by atoms with Gasteiger partial charge >= 0.3 is 0 Å². The van der Waals surface area contributed by atoms with Gasteiger partial charge in [-0.3, -0.25) is 4.99 Å². The molecule has 0 fully saturated rings. The Balaban J connectivity index is 0.00000676. The highest BCUT2D eigenvalue weighted by atomic mass is 127. The van der Waals surface area contributed by atoms with Crippen molar-refractivity contribution in [3.05, 3.63) is 35.4 Å². The van der Waals surface area contributed by atoms with Gasteiger partial charge in [0.25, 0.3) is 0 Å². The summed E-state index contributed by atoms with van der Waals surface area (Å²) in [6.07, 6.45) is 0.730. The number of benzene rings is 1. The minimum atomic E-state index is -3.11. The summed E-state index contributed by atoms with van der Waals surface area (Å²) in [4.78, 5) is 4.66. The van der Waals surface area contributed by atoms with Crippen LogP contribution < -0.4 is 10.6 Å². The van der Waals surface area contributed by atoms with E-state index in [1.807, 2.05) is 6.92 Å². The van der Waals surface area contributed by atoms with E-state index < -0.39 is 10.0 Å². The van der Waals surface area contributed by atoms with E-state index in [2.05, 4.69) is 53.7 Å². The van der Waals surface area contributed by atoms with E-state index in [0.29, 0.717) is 25.6 Å². The summed E-state index contributed by atoms with van der Waals surface area (Å²) in [5.74, 6) is 1.25. The Kier molecular flexibility index (Phi) is 12.9. The van der Waals surface area contributed by atoms with Crippen LogP contribution in [0, 0.1) is 6.92 Å². The van der Waals surface area contributed by atoms with Crippen molar-refractivity contribution in [1.82, 2.24) is 14.9 Å². The van der Waals surface area contributed by atoms with Crippen LogP contribution in [0.2, 0.25) is 0 Å². The number of nitrogens with zero attached hydrogens (tertiary/aromatic N) is 2. The molecule has 27 heavy (non-hydrogen) atoms. The molecule has 0 spiro atoms. The average Bonchev–Trinajstić information content (AvgIpc) is 2.62. The molecule has 0 radical (unpaired) electrons. The maximum absolute atomic E-state index is 11.7. The van der Waals surface area contributed by atoms with Gasteiger partial charge in [0.05, 0.1) is 5.75 Å². The van der Waals surface area contributed by atoms with E-state index in [0.717, 1.165) is 18.9 Å². The molecule has 0 saturated carbocycles. The van der Waals surface area contributed by atoms with Gasteiger partial charge < -0.3 is 10.6 Å². The molecule has 1 aromatic carbocycles. The van der Waals surface area contributed by atoms with Crippen molar-refractivity contribution in [3.8, 4) is 0 Å². The van der Waals surface area contributed by atoms with Gasteiger partial charge in [-0.25, -0.2) is 12.7 Å². The molecular weight excluding hydrogens is 475 g/mol. The van der Waals surface area contributed by atoms with E-state index >= 15 is 0 Å². The fourth-order valence-corrected chi connectivity index (χ4v) is 3.37. The van der Waals surface area contributed by atoms with Crippen LogP contribution in [0.15, 0.2) is 29.3 Å². The number of rotatable bonds is 10. The predicted molar refractivity (Wildman–Crippen MR) is 126 cm³/mol. The van der Waals surface area contributed by atoms with E-state index in [1.165, 1.54) is 15.4 Å². The maximum atomic E-state index is 11.7. The minimum absolute atomic E-state index is 0. The number of aliphatic imine (C=N–C) groups is 1. The Bertz CT molecular complexity index is 680. The Morgan fingerprint density at radius 2 is 1.96 bits per heavy atom.